The maximum atomic E-state index is 12.7. The van der Waals surface area contributed by atoms with Crippen molar-refractivity contribution in [3.8, 4) is 0 Å². The molecule has 2 amide bonds. The van der Waals surface area contributed by atoms with E-state index in [0.717, 1.165) is 4.90 Å². The van der Waals surface area contributed by atoms with Gasteiger partial charge in [-0.1, -0.05) is 23.7 Å². The molecule has 142 valence electrons. The number of esters is 1. The molecular weight excluding hydrogens is 388 g/mol. The molecule has 1 aliphatic heterocycles. The second kappa shape index (κ2) is 7.53. The van der Waals surface area contributed by atoms with Gasteiger partial charge in [0.25, 0.3) is 11.8 Å². The van der Waals surface area contributed by atoms with E-state index in [1.54, 1.807) is 0 Å². The Bertz CT molecular complexity index is 1030. The maximum absolute atomic E-state index is 12.7. The summed E-state index contributed by atoms with van der Waals surface area (Å²) in [5, 5.41) is 13.3. The summed E-state index contributed by atoms with van der Waals surface area (Å²) in [5.41, 5.74) is 0.412. The molecule has 2 aromatic carbocycles. The Labute approximate surface area is 164 Å². The number of rotatable bonds is 5. The van der Waals surface area contributed by atoms with Crippen molar-refractivity contribution in [3.63, 3.8) is 0 Å². The van der Waals surface area contributed by atoms with Crippen molar-refractivity contribution >= 4 is 46.7 Å². The molecule has 0 radical (unpaired) electrons. The Balaban J connectivity index is 1.87. The van der Waals surface area contributed by atoms with Gasteiger partial charge in [0, 0.05) is 5.69 Å². The number of nitrogens with one attached hydrogen (secondary N) is 1. The van der Waals surface area contributed by atoms with Gasteiger partial charge in [-0.25, -0.2) is 9.69 Å². The summed E-state index contributed by atoms with van der Waals surface area (Å²) in [5.74, 6) is -3.42. The topological polar surface area (TPSA) is 116 Å². The van der Waals surface area contributed by atoms with Gasteiger partial charge in [-0.3, -0.25) is 9.59 Å². The fourth-order valence-corrected chi connectivity index (χ4v) is 2.79. The first kappa shape index (κ1) is 19.1. The molecule has 8 nitrogen and oxygen atoms in total. The number of aromatic carboxylic acids is 1. The van der Waals surface area contributed by atoms with E-state index in [9.17, 15) is 24.3 Å². The van der Waals surface area contributed by atoms with E-state index in [0.29, 0.717) is 0 Å². The number of methoxy groups -OCH3 is 1. The lowest BCUT2D eigenvalue weighted by Crippen LogP contribution is -2.32. The normalized spacial score (nSPS) is 13.7. The van der Waals surface area contributed by atoms with Crippen molar-refractivity contribution in [2.24, 2.45) is 0 Å². The van der Waals surface area contributed by atoms with Crippen molar-refractivity contribution in [2.45, 2.75) is 0 Å². The van der Waals surface area contributed by atoms with E-state index in [1.165, 1.54) is 55.6 Å². The van der Waals surface area contributed by atoms with Gasteiger partial charge >= 0.3 is 5.97 Å². The zero-order valence-corrected chi connectivity index (χ0v) is 15.1. The van der Waals surface area contributed by atoms with E-state index in [4.69, 9.17) is 11.6 Å². The molecule has 0 saturated carbocycles. The third kappa shape index (κ3) is 3.45. The highest BCUT2D eigenvalue weighted by atomic mass is 35.5. The van der Waals surface area contributed by atoms with Gasteiger partial charge in [0.1, 0.15) is 10.7 Å². The molecule has 3 rings (SSSR count). The summed E-state index contributed by atoms with van der Waals surface area (Å²) >= 11 is 6.03. The first-order valence-corrected chi connectivity index (χ1v) is 8.26. The van der Waals surface area contributed by atoms with Crippen molar-refractivity contribution < 1.29 is 29.0 Å². The first-order valence-electron chi connectivity index (χ1n) is 7.89. The molecular formula is C19H12ClN2O6-. The average molecular weight is 400 g/mol. The zero-order chi connectivity index (χ0) is 20.4. The predicted molar refractivity (Wildman–Crippen MR) is 97.5 cm³/mol. The van der Waals surface area contributed by atoms with Crippen LogP contribution in [0.4, 0.5) is 11.4 Å². The third-order valence-electron chi connectivity index (χ3n) is 3.94. The molecule has 0 aliphatic carbocycles. The van der Waals surface area contributed by atoms with E-state index in [2.05, 4.69) is 10.1 Å². The van der Waals surface area contributed by atoms with Gasteiger partial charge in [-0.15, -0.1) is 0 Å². The summed E-state index contributed by atoms with van der Waals surface area (Å²) in [6.07, 6.45) is 0. The summed E-state index contributed by atoms with van der Waals surface area (Å²) in [4.78, 5) is 48.5. The zero-order valence-electron chi connectivity index (χ0n) is 14.4. The van der Waals surface area contributed by atoms with Crippen LogP contribution in [0.2, 0.25) is 0 Å². The molecule has 2 aromatic rings. The lowest BCUT2D eigenvalue weighted by Gasteiger charge is -2.15. The first-order chi connectivity index (χ1) is 13.3. The number of nitrogens with zero attached hydrogens (tertiary/aromatic N) is 1. The number of hydrogen-bond donors (Lipinski definition) is 1. The van der Waals surface area contributed by atoms with Crippen LogP contribution in [0.3, 0.4) is 0 Å². The van der Waals surface area contributed by atoms with Crippen LogP contribution in [0.1, 0.15) is 20.7 Å². The minimum Gasteiger partial charge on any atom is -0.545 e. The Kier molecular flexibility index (Phi) is 5.14. The third-order valence-corrected chi connectivity index (χ3v) is 4.29. The van der Waals surface area contributed by atoms with Gasteiger partial charge in [0.15, 0.2) is 0 Å². The minimum atomic E-state index is -1.38. The van der Waals surface area contributed by atoms with Gasteiger partial charge in [-0.05, 0) is 42.0 Å². The summed E-state index contributed by atoms with van der Waals surface area (Å²) < 4.78 is 4.60. The number of ether oxygens (including phenoxy) is 1. The van der Waals surface area contributed by atoms with Crippen LogP contribution in [0.15, 0.2) is 59.3 Å². The Morgan fingerprint density at radius 3 is 2.32 bits per heavy atom. The smallest absolute Gasteiger partial charge is 0.337 e. The second-order valence-electron chi connectivity index (χ2n) is 5.67. The van der Waals surface area contributed by atoms with Gasteiger partial charge in [0.2, 0.25) is 0 Å². The molecule has 0 spiro atoms. The van der Waals surface area contributed by atoms with Crippen LogP contribution >= 0.6 is 11.6 Å². The second-order valence-corrected chi connectivity index (χ2v) is 6.04. The predicted octanol–water partition coefficient (Wildman–Crippen LogP) is 1.27. The van der Waals surface area contributed by atoms with E-state index >= 15 is 0 Å². The standard InChI is InChI=1S/C19H13ClN2O6/c1-28-19(27)10-5-7-13(8-6-10)22-16(23)14(20)15(17(22)24)21-12-4-2-3-11(9-12)18(25)26/h2-9,21H,1H3,(H,25,26)/p-1. The number of halogens is 1. The quantitative estimate of drug-likeness (QED) is 0.594. The number of carbonyl (C=O) groups is 4. The molecule has 1 aliphatic rings. The summed E-state index contributed by atoms with van der Waals surface area (Å²) in [6, 6.07) is 11.2. The van der Waals surface area contributed by atoms with Crippen molar-refractivity contribution in [1.82, 2.24) is 0 Å². The van der Waals surface area contributed by atoms with Crippen LogP contribution in [0.5, 0.6) is 0 Å². The minimum absolute atomic E-state index is 0.103. The molecule has 0 aromatic heterocycles. The number of hydrogen-bond acceptors (Lipinski definition) is 7. The molecule has 28 heavy (non-hydrogen) atoms. The molecule has 0 bridgehead atoms. The lowest BCUT2D eigenvalue weighted by molar-refractivity contribution is -0.255. The van der Waals surface area contributed by atoms with E-state index in [1.807, 2.05) is 0 Å². The number of imide groups is 1. The number of anilines is 2. The van der Waals surface area contributed by atoms with Gasteiger partial charge in [-0.2, -0.15) is 0 Å². The lowest BCUT2D eigenvalue weighted by atomic mass is 10.2. The number of amides is 2. The highest BCUT2D eigenvalue weighted by molar-refractivity contribution is 6.53. The number of benzene rings is 2. The summed E-state index contributed by atoms with van der Waals surface area (Å²) in [6.45, 7) is 0. The van der Waals surface area contributed by atoms with Crippen molar-refractivity contribution in [1.29, 1.82) is 0 Å². The van der Waals surface area contributed by atoms with Crippen molar-refractivity contribution in [3.05, 3.63) is 70.4 Å². The van der Waals surface area contributed by atoms with Crippen LogP contribution in [-0.2, 0) is 14.3 Å². The molecule has 0 saturated heterocycles. The van der Waals surface area contributed by atoms with E-state index < -0.39 is 23.8 Å². The monoisotopic (exact) mass is 399 g/mol. The van der Waals surface area contributed by atoms with Gasteiger partial charge in [0.05, 0.1) is 24.3 Å². The van der Waals surface area contributed by atoms with Crippen LogP contribution in [-0.4, -0.2) is 30.9 Å². The van der Waals surface area contributed by atoms with Gasteiger partial charge < -0.3 is 20.0 Å². The molecule has 0 unspecified atom stereocenters. The molecule has 1 heterocycles. The van der Waals surface area contributed by atoms with Crippen LogP contribution in [0.25, 0.3) is 0 Å². The fourth-order valence-electron chi connectivity index (χ4n) is 2.58. The molecule has 1 N–H and O–H groups in total. The highest BCUT2D eigenvalue weighted by Gasteiger charge is 2.39. The van der Waals surface area contributed by atoms with E-state index in [-0.39, 0.29) is 33.2 Å². The number of carboxylic acids is 1. The Morgan fingerprint density at radius 2 is 1.71 bits per heavy atom. The highest BCUT2D eigenvalue weighted by Crippen LogP contribution is 2.30. The number of carbonyl (C=O) groups excluding carboxylic acids is 4. The van der Waals surface area contributed by atoms with Crippen molar-refractivity contribution in [2.75, 3.05) is 17.3 Å². The number of carboxylic acid groups (broad SMARTS) is 1. The fraction of sp³-hybridized carbons (Fsp3) is 0.0526. The largest absolute Gasteiger partial charge is 0.545 e. The van der Waals surface area contributed by atoms with Crippen LogP contribution < -0.4 is 15.3 Å². The molecule has 0 atom stereocenters. The SMILES string of the molecule is COC(=O)c1ccc(N2C(=O)C(Cl)=C(Nc3cccc(C(=O)[O-])c3)C2=O)cc1. The molecule has 0 fully saturated rings. The Hall–Kier alpha value is -3.65. The summed E-state index contributed by atoms with van der Waals surface area (Å²) in [7, 11) is 1.24. The Morgan fingerprint density at radius 1 is 1.04 bits per heavy atom. The molecule has 9 heteroatoms. The average Bonchev–Trinajstić information content (AvgIpc) is 2.91. The maximum Gasteiger partial charge on any atom is 0.337 e. The van der Waals surface area contributed by atoms with Crippen LogP contribution in [0, 0.1) is 0 Å².